The summed E-state index contributed by atoms with van der Waals surface area (Å²) in [5.41, 5.74) is 1.22. The van der Waals surface area contributed by atoms with E-state index < -0.39 is 5.82 Å². The lowest BCUT2D eigenvalue weighted by Gasteiger charge is -2.31. The zero-order chi connectivity index (χ0) is 18.5. The first-order chi connectivity index (χ1) is 12.5. The van der Waals surface area contributed by atoms with Gasteiger partial charge in [-0.3, -0.25) is 9.59 Å². The minimum atomic E-state index is -0.426. The van der Waals surface area contributed by atoms with Gasteiger partial charge < -0.3 is 10.2 Å². The first kappa shape index (κ1) is 18.4. The molecule has 0 unspecified atom stereocenters. The van der Waals surface area contributed by atoms with E-state index in [9.17, 15) is 14.0 Å². The summed E-state index contributed by atoms with van der Waals surface area (Å²) in [6.45, 7) is 1.36. The lowest BCUT2D eigenvalue weighted by Crippen LogP contribution is -2.43. The van der Waals surface area contributed by atoms with E-state index >= 15 is 0 Å². The van der Waals surface area contributed by atoms with Crippen LogP contribution in [0.3, 0.4) is 0 Å². The van der Waals surface area contributed by atoms with Crippen molar-refractivity contribution in [2.75, 3.05) is 13.1 Å². The Morgan fingerprint density at radius 2 is 1.85 bits per heavy atom. The molecule has 1 N–H and O–H groups in total. The number of hydrogen-bond acceptors (Lipinski definition) is 2. The molecule has 2 aromatic rings. The number of halogens is 2. The lowest BCUT2D eigenvalue weighted by molar-refractivity contribution is -0.126. The van der Waals surface area contributed by atoms with Gasteiger partial charge in [0, 0.05) is 36.1 Å². The molecule has 2 aromatic carbocycles. The van der Waals surface area contributed by atoms with Gasteiger partial charge in [0.2, 0.25) is 5.91 Å². The highest BCUT2D eigenvalue weighted by Crippen LogP contribution is 2.20. The summed E-state index contributed by atoms with van der Waals surface area (Å²) in [4.78, 5) is 26.5. The molecule has 1 fully saturated rings. The maximum Gasteiger partial charge on any atom is 0.253 e. The van der Waals surface area contributed by atoms with Crippen LogP contribution in [-0.2, 0) is 11.3 Å². The fourth-order valence-electron chi connectivity index (χ4n) is 3.12. The van der Waals surface area contributed by atoms with Gasteiger partial charge in [-0.15, -0.1) is 0 Å². The van der Waals surface area contributed by atoms with E-state index in [0.717, 1.165) is 5.56 Å². The van der Waals surface area contributed by atoms with Gasteiger partial charge in [-0.05, 0) is 42.7 Å². The largest absolute Gasteiger partial charge is 0.352 e. The Hall–Kier alpha value is -2.40. The third-order valence-electron chi connectivity index (χ3n) is 4.64. The topological polar surface area (TPSA) is 49.4 Å². The number of hydrogen-bond donors (Lipinski definition) is 1. The number of carbonyl (C=O) groups is 2. The molecule has 0 atom stereocenters. The lowest BCUT2D eigenvalue weighted by atomic mass is 9.95. The Balaban J connectivity index is 1.51. The van der Waals surface area contributed by atoms with Crippen molar-refractivity contribution in [3.05, 3.63) is 70.5 Å². The number of carbonyl (C=O) groups excluding carboxylic acids is 2. The molecule has 1 saturated heterocycles. The maximum atomic E-state index is 13.3. The fraction of sp³-hybridized carbons (Fsp3) is 0.300. The average molecular weight is 375 g/mol. The van der Waals surface area contributed by atoms with Crippen LogP contribution in [0.5, 0.6) is 0 Å². The molecule has 1 heterocycles. The Bertz CT molecular complexity index is 804. The van der Waals surface area contributed by atoms with Crippen LogP contribution in [0.1, 0.15) is 28.8 Å². The van der Waals surface area contributed by atoms with Crippen molar-refractivity contribution in [2.45, 2.75) is 19.4 Å². The molecule has 1 aliphatic heterocycles. The molecule has 136 valence electrons. The van der Waals surface area contributed by atoms with Crippen LogP contribution in [0.4, 0.5) is 4.39 Å². The van der Waals surface area contributed by atoms with Crippen molar-refractivity contribution >= 4 is 23.4 Å². The van der Waals surface area contributed by atoms with Gasteiger partial charge in [-0.2, -0.15) is 0 Å². The normalized spacial score (nSPS) is 14.9. The third kappa shape index (κ3) is 4.41. The second-order valence-corrected chi connectivity index (χ2v) is 6.79. The number of amides is 2. The Morgan fingerprint density at radius 3 is 2.54 bits per heavy atom. The van der Waals surface area contributed by atoms with Crippen LogP contribution in [-0.4, -0.2) is 29.8 Å². The second kappa shape index (κ2) is 8.32. The van der Waals surface area contributed by atoms with Crippen molar-refractivity contribution in [1.82, 2.24) is 10.2 Å². The van der Waals surface area contributed by atoms with Crippen molar-refractivity contribution in [3.63, 3.8) is 0 Å². The number of benzene rings is 2. The minimum Gasteiger partial charge on any atom is -0.352 e. The number of piperidine rings is 1. The van der Waals surface area contributed by atoms with Gasteiger partial charge in [-0.25, -0.2) is 4.39 Å². The summed E-state index contributed by atoms with van der Waals surface area (Å²) >= 11 is 6.09. The van der Waals surface area contributed by atoms with Crippen LogP contribution >= 0.6 is 11.6 Å². The maximum absolute atomic E-state index is 13.3. The monoisotopic (exact) mass is 374 g/mol. The van der Waals surface area contributed by atoms with Crippen LogP contribution in [0.25, 0.3) is 0 Å². The molecule has 6 heteroatoms. The van der Waals surface area contributed by atoms with Crippen LogP contribution in [0.15, 0.2) is 48.5 Å². The molecule has 26 heavy (non-hydrogen) atoms. The SMILES string of the molecule is O=C(NCc1ccccc1Cl)C1CCN(C(=O)c2cccc(F)c2)CC1. The van der Waals surface area contributed by atoms with E-state index in [-0.39, 0.29) is 17.7 Å². The number of likely N-dealkylation sites (tertiary alicyclic amines) is 1. The average Bonchev–Trinajstić information content (AvgIpc) is 2.66. The van der Waals surface area contributed by atoms with Crippen molar-refractivity contribution < 1.29 is 14.0 Å². The molecular weight excluding hydrogens is 355 g/mol. The summed E-state index contributed by atoms with van der Waals surface area (Å²) in [6, 6.07) is 13.1. The fourth-order valence-corrected chi connectivity index (χ4v) is 3.32. The summed E-state index contributed by atoms with van der Waals surface area (Å²) in [6.07, 6.45) is 1.19. The van der Waals surface area contributed by atoms with Crippen molar-refractivity contribution in [2.24, 2.45) is 5.92 Å². The molecule has 0 aliphatic carbocycles. The molecule has 1 aliphatic rings. The Morgan fingerprint density at radius 1 is 1.12 bits per heavy atom. The van der Waals surface area contributed by atoms with Crippen LogP contribution in [0, 0.1) is 11.7 Å². The number of nitrogens with zero attached hydrogens (tertiary/aromatic N) is 1. The van der Waals surface area contributed by atoms with E-state index in [4.69, 9.17) is 11.6 Å². The zero-order valence-electron chi connectivity index (χ0n) is 14.3. The smallest absolute Gasteiger partial charge is 0.253 e. The quantitative estimate of drug-likeness (QED) is 0.888. The first-order valence-corrected chi connectivity index (χ1v) is 8.98. The standard InChI is InChI=1S/C20H20ClFN2O2/c21-18-7-2-1-4-16(18)13-23-19(25)14-8-10-24(11-9-14)20(26)15-5-3-6-17(22)12-15/h1-7,12,14H,8-11,13H2,(H,23,25). The van der Waals surface area contributed by atoms with Crippen LogP contribution in [0.2, 0.25) is 5.02 Å². The van der Waals surface area contributed by atoms with E-state index in [2.05, 4.69) is 5.32 Å². The summed E-state index contributed by atoms with van der Waals surface area (Å²) < 4.78 is 13.3. The number of rotatable bonds is 4. The minimum absolute atomic E-state index is 0.0252. The molecule has 2 amide bonds. The zero-order valence-corrected chi connectivity index (χ0v) is 15.0. The van der Waals surface area contributed by atoms with Crippen molar-refractivity contribution in [1.29, 1.82) is 0 Å². The molecular formula is C20H20ClFN2O2. The molecule has 0 radical (unpaired) electrons. The van der Waals surface area contributed by atoms with Gasteiger partial charge in [0.25, 0.3) is 5.91 Å². The molecule has 0 spiro atoms. The van der Waals surface area contributed by atoms with E-state index in [0.29, 0.717) is 43.1 Å². The molecule has 0 aromatic heterocycles. The van der Waals surface area contributed by atoms with Crippen molar-refractivity contribution in [3.8, 4) is 0 Å². The van der Waals surface area contributed by atoms with E-state index in [1.165, 1.54) is 18.2 Å². The Kier molecular flexibility index (Phi) is 5.89. The molecule has 0 saturated carbocycles. The summed E-state index contributed by atoms with van der Waals surface area (Å²) in [7, 11) is 0. The number of nitrogens with one attached hydrogen (secondary N) is 1. The first-order valence-electron chi connectivity index (χ1n) is 8.60. The van der Waals surface area contributed by atoms with E-state index in [1.54, 1.807) is 17.0 Å². The molecule has 0 bridgehead atoms. The van der Waals surface area contributed by atoms with Gasteiger partial charge >= 0.3 is 0 Å². The highest BCUT2D eigenvalue weighted by molar-refractivity contribution is 6.31. The van der Waals surface area contributed by atoms with E-state index in [1.807, 2.05) is 18.2 Å². The predicted molar refractivity (Wildman–Crippen MR) is 98.3 cm³/mol. The van der Waals surface area contributed by atoms with Crippen LogP contribution < -0.4 is 5.32 Å². The summed E-state index contributed by atoms with van der Waals surface area (Å²) in [5, 5.41) is 3.54. The van der Waals surface area contributed by atoms with Gasteiger partial charge in [0.1, 0.15) is 5.82 Å². The molecule has 4 nitrogen and oxygen atoms in total. The third-order valence-corrected chi connectivity index (χ3v) is 5.00. The Labute approximate surface area is 157 Å². The highest BCUT2D eigenvalue weighted by atomic mass is 35.5. The van der Waals surface area contributed by atoms with Gasteiger partial charge in [-0.1, -0.05) is 35.9 Å². The van der Waals surface area contributed by atoms with Gasteiger partial charge in [0.05, 0.1) is 0 Å². The van der Waals surface area contributed by atoms with Gasteiger partial charge in [0.15, 0.2) is 0 Å². The molecule has 3 rings (SSSR count). The second-order valence-electron chi connectivity index (χ2n) is 6.39. The highest BCUT2D eigenvalue weighted by Gasteiger charge is 2.27. The predicted octanol–water partition coefficient (Wildman–Crippen LogP) is 3.65. The summed E-state index contributed by atoms with van der Waals surface area (Å²) in [5.74, 6) is -0.777.